The number of rotatable bonds is 6. The lowest BCUT2D eigenvalue weighted by Gasteiger charge is -2.28. The zero-order valence-electron chi connectivity index (χ0n) is 14.0. The fourth-order valence-corrected chi connectivity index (χ4v) is 2.81. The van der Waals surface area contributed by atoms with E-state index in [4.69, 9.17) is 0 Å². The molecule has 0 radical (unpaired) electrons. The smallest absolute Gasteiger partial charge is 0.243 e. The predicted octanol–water partition coefficient (Wildman–Crippen LogP) is 1.24. The van der Waals surface area contributed by atoms with Crippen molar-refractivity contribution in [2.75, 3.05) is 13.1 Å². The Bertz CT molecular complexity index is 510. The normalized spacial score (nSPS) is 19.2. The Morgan fingerprint density at radius 2 is 2.00 bits per heavy atom. The highest BCUT2D eigenvalue weighted by Gasteiger charge is 2.26. The molecule has 2 amide bonds. The molecular weight excluding hydrogens is 290 g/mol. The van der Waals surface area contributed by atoms with E-state index in [0.717, 1.165) is 31.5 Å². The quantitative estimate of drug-likeness (QED) is 0.739. The van der Waals surface area contributed by atoms with E-state index in [9.17, 15) is 9.59 Å². The fraction of sp³-hybridized carbons (Fsp3) is 0.556. The van der Waals surface area contributed by atoms with Crippen molar-refractivity contribution >= 4 is 11.8 Å². The first-order valence-electron chi connectivity index (χ1n) is 8.40. The van der Waals surface area contributed by atoms with Crippen LogP contribution < -0.4 is 16.0 Å². The highest BCUT2D eigenvalue weighted by Crippen LogP contribution is 2.07. The summed E-state index contributed by atoms with van der Waals surface area (Å²) < 4.78 is 0. The minimum atomic E-state index is -0.492. The molecule has 0 aliphatic carbocycles. The second kappa shape index (κ2) is 8.67. The molecule has 1 unspecified atom stereocenters. The van der Waals surface area contributed by atoms with E-state index in [-0.39, 0.29) is 23.8 Å². The minimum Gasteiger partial charge on any atom is -0.350 e. The molecule has 5 nitrogen and oxygen atoms in total. The molecule has 0 aromatic heterocycles. The Hall–Kier alpha value is -1.88. The molecule has 5 heteroatoms. The summed E-state index contributed by atoms with van der Waals surface area (Å²) in [6.07, 6.45) is 2.35. The van der Waals surface area contributed by atoms with Gasteiger partial charge in [0.2, 0.25) is 11.8 Å². The topological polar surface area (TPSA) is 70.2 Å². The number of nitrogens with one attached hydrogen (secondary N) is 3. The molecule has 23 heavy (non-hydrogen) atoms. The van der Waals surface area contributed by atoms with Crippen molar-refractivity contribution in [3.8, 4) is 0 Å². The van der Waals surface area contributed by atoms with Gasteiger partial charge in [0.05, 0.1) is 6.42 Å². The van der Waals surface area contributed by atoms with Crippen LogP contribution in [0.3, 0.4) is 0 Å². The van der Waals surface area contributed by atoms with Gasteiger partial charge in [-0.2, -0.15) is 0 Å². The third-order valence-corrected chi connectivity index (χ3v) is 4.12. The van der Waals surface area contributed by atoms with E-state index in [1.165, 1.54) is 0 Å². The van der Waals surface area contributed by atoms with Crippen LogP contribution in [0.5, 0.6) is 0 Å². The Labute approximate surface area is 138 Å². The second-order valence-electron chi connectivity index (χ2n) is 6.50. The van der Waals surface area contributed by atoms with E-state index < -0.39 is 6.04 Å². The molecule has 1 fully saturated rings. The monoisotopic (exact) mass is 317 g/mol. The Kier molecular flexibility index (Phi) is 6.59. The van der Waals surface area contributed by atoms with Gasteiger partial charge in [0.25, 0.3) is 0 Å². The first-order valence-corrected chi connectivity index (χ1v) is 8.40. The second-order valence-corrected chi connectivity index (χ2v) is 6.50. The number of piperidine rings is 1. The van der Waals surface area contributed by atoms with Crippen LogP contribution in [0.1, 0.15) is 32.3 Å². The van der Waals surface area contributed by atoms with Crippen molar-refractivity contribution in [2.45, 2.75) is 45.2 Å². The SMILES string of the molecule is CC(C)C(NC(=O)Cc1ccccc1)C(=O)N[C@H]1CCCNC1. The number of hydrogen-bond donors (Lipinski definition) is 3. The van der Waals surface area contributed by atoms with Gasteiger partial charge in [-0.3, -0.25) is 9.59 Å². The molecule has 3 N–H and O–H groups in total. The lowest BCUT2D eigenvalue weighted by Crippen LogP contribution is -2.55. The summed E-state index contributed by atoms with van der Waals surface area (Å²) in [7, 11) is 0. The number of hydrogen-bond acceptors (Lipinski definition) is 3. The third-order valence-electron chi connectivity index (χ3n) is 4.12. The van der Waals surface area contributed by atoms with E-state index in [0.29, 0.717) is 6.42 Å². The lowest BCUT2D eigenvalue weighted by atomic mass is 10.0. The van der Waals surface area contributed by atoms with Crippen LogP contribution in [0.4, 0.5) is 0 Å². The van der Waals surface area contributed by atoms with Crippen LogP contribution in [-0.2, 0) is 16.0 Å². The molecule has 1 aromatic carbocycles. The van der Waals surface area contributed by atoms with Gasteiger partial charge >= 0.3 is 0 Å². The van der Waals surface area contributed by atoms with Gasteiger partial charge in [0.1, 0.15) is 6.04 Å². The summed E-state index contributed by atoms with van der Waals surface area (Å²) >= 11 is 0. The third kappa shape index (κ3) is 5.67. The van der Waals surface area contributed by atoms with E-state index in [1.807, 2.05) is 44.2 Å². The molecule has 1 aliphatic heterocycles. The maximum atomic E-state index is 12.5. The summed E-state index contributed by atoms with van der Waals surface area (Å²) in [5.74, 6) is -0.159. The Balaban J connectivity index is 1.89. The fourth-order valence-electron chi connectivity index (χ4n) is 2.81. The molecule has 0 bridgehead atoms. The first-order chi connectivity index (χ1) is 11.1. The van der Waals surface area contributed by atoms with E-state index in [2.05, 4.69) is 16.0 Å². The molecule has 1 aromatic rings. The van der Waals surface area contributed by atoms with Gasteiger partial charge in [0.15, 0.2) is 0 Å². The van der Waals surface area contributed by atoms with Crippen molar-refractivity contribution in [3.05, 3.63) is 35.9 Å². The molecule has 2 rings (SSSR count). The average Bonchev–Trinajstić information content (AvgIpc) is 2.54. The van der Waals surface area contributed by atoms with Crippen LogP contribution in [0.15, 0.2) is 30.3 Å². The molecular formula is C18H27N3O2. The van der Waals surface area contributed by atoms with E-state index >= 15 is 0 Å². The summed E-state index contributed by atoms with van der Waals surface area (Å²) in [6, 6.07) is 9.23. The van der Waals surface area contributed by atoms with Gasteiger partial charge in [-0.15, -0.1) is 0 Å². The van der Waals surface area contributed by atoms with Crippen LogP contribution in [-0.4, -0.2) is 37.0 Å². The average molecular weight is 317 g/mol. The van der Waals surface area contributed by atoms with Crippen molar-refractivity contribution < 1.29 is 9.59 Å². The number of amides is 2. The van der Waals surface area contributed by atoms with Gasteiger partial charge in [-0.1, -0.05) is 44.2 Å². The molecule has 0 spiro atoms. The van der Waals surface area contributed by atoms with Gasteiger partial charge in [-0.25, -0.2) is 0 Å². The molecule has 1 aliphatic rings. The maximum Gasteiger partial charge on any atom is 0.243 e. The Morgan fingerprint density at radius 1 is 1.26 bits per heavy atom. The van der Waals surface area contributed by atoms with Crippen molar-refractivity contribution in [1.29, 1.82) is 0 Å². The maximum absolute atomic E-state index is 12.5. The van der Waals surface area contributed by atoms with Crippen LogP contribution in [0.2, 0.25) is 0 Å². The van der Waals surface area contributed by atoms with Crippen molar-refractivity contribution in [2.24, 2.45) is 5.92 Å². The number of carbonyl (C=O) groups excluding carboxylic acids is 2. The summed E-state index contributed by atoms with van der Waals surface area (Å²) in [4.78, 5) is 24.7. The molecule has 0 saturated carbocycles. The standard InChI is InChI=1S/C18H27N3O2/c1-13(2)17(18(23)20-15-9-6-10-19-12-15)21-16(22)11-14-7-4-3-5-8-14/h3-5,7-8,13,15,17,19H,6,9-12H2,1-2H3,(H,20,23)(H,21,22)/t15-,17?/m0/s1. The summed E-state index contributed by atoms with van der Waals surface area (Å²) in [5.41, 5.74) is 0.949. The summed E-state index contributed by atoms with van der Waals surface area (Å²) in [5, 5.41) is 9.22. The largest absolute Gasteiger partial charge is 0.350 e. The zero-order chi connectivity index (χ0) is 16.7. The van der Waals surface area contributed by atoms with Crippen LogP contribution >= 0.6 is 0 Å². The van der Waals surface area contributed by atoms with Gasteiger partial charge < -0.3 is 16.0 Å². The van der Waals surface area contributed by atoms with Crippen molar-refractivity contribution in [1.82, 2.24) is 16.0 Å². The molecule has 1 heterocycles. The molecule has 2 atom stereocenters. The van der Waals surface area contributed by atoms with Crippen molar-refractivity contribution in [3.63, 3.8) is 0 Å². The number of carbonyl (C=O) groups is 2. The molecule has 1 saturated heterocycles. The van der Waals surface area contributed by atoms with Crippen LogP contribution in [0.25, 0.3) is 0 Å². The van der Waals surface area contributed by atoms with Gasteiger partial charge in [0, 0.05) is 12.6 Å². The zero-order valence-corrected chi connectivity index (χ0v) is 14.0. The summed E-state index contributed by atoms with van der Waals surface area (Å²) in [6.45, 7) is 5.71. The van der Waals surface area contributed by atoms with Crippen LogP contribution in [0, 0.1) is 5.92 Å². The predicted molar refractivity (Wildman–Crippen MR) is 90.9 cm³/mol. The Morgan fingerprint density at radius 3 is 2.61 bits per heavy atom. The van der Waals surface area contributed by atoms with Gasteiger partial charge in [-0.05, 0) is 30.9 Å². The number of benzene rings is 1. The molecule has 126 valence electrons. The first kappa shape index (κ1) is 17.5. The van der Waals surface area contributed by atoms with E-state index in [1.54, 1.807) is 0 Å². The minimum absolute atomic E-state index is 0.0475. The highest BCUT2D eigenvalue weighted by atomic mass is 16.2. The highest BCUT2D eigenvalue weighted by molar-refractivity contribution is 5.88. The lowest BCUT2D eigenvalue weighted by molar-refractivity contribution is -0.130.